The molecule has 0 aliphatic rings. The minimum absolute atomic E-state index is 1.11. The summed E-state index contributed by atoms with van der Waals surface area (Å²) in [5.41, 5.74) is 0. The standard InChI is InChI=1S/C5H8.Fe/c1-3-5-4-2;/h4H,3,5H2,1H3;/q;+1. The third kappa shape index (κ3) is 4.17. The average molecular weight is 124 g/mol. The van der Waals surface area contributed by atoms with Crippen molar-refractivity contribution in [3.63, 3.8) is 0 Å². The summed E-state index contributed by atoms with van der Waals surface area (Å²) >= 11 is 3.42. The molecule has 0 rings (SSSR count). The van der Waals surface area contributed by atoms with Gasteiger partial charge in [0.1, 0.15) is 0 Å². The molecule has 0 unspecified atom stereocenters. The third-order valence-corrected chi connectivity index (χ3v) is 0.731. The van der Waals surface area contributed by atoms with Crippen LogP contribution in [0.1, 0.15) is 19.8 Å². The summed E-state index contributed by atoms with van der Waals surface area (Å²) < 4.78 is 2.69. The maximum absolute atomic E-state index is 3.42. The Morgan fingerprint density at radius 1 is 1.83 bits per heavy atom. The fourth-order valence-electron chi connectivity index (χ4n) is 0.195. The van der Waals surface area contributed by atoms with Crippen molar-refractivity contribution in [2.75, 3.05) is 0 Å². The molecule has 0 saturated heterocycles. The van der Waals surface area contributed by atoms with E-state index in [2.05, 4.69) is 27.1 Å². The maximum atomic E-state index is 3.42. The SMILES string of the molecule is CCCC=[C]=[Fe+]. The normalized spacial score (nSPS) is 6.83. The van der Waals surface area contributed by atoms with Gasteiger partial charge in [-0.25, -0.2) is 0 Å². The first-order valence-corrected chi connectivity index (χ1v) is 2.63. The first kappa shape index (κ1) is 6.17. The van der Waals surface area contributed by atoms with Crippen molar-refractivity contribution in [3.8, 4) is 0 Å². The van der Waals surface area contributed by atoms with E-state index in [4.69, 9.17) is 0 Å². The van der Waals surface area contributed by atoms with E-state index in [1.165, 1.54) is 6.42 Å². The topological polar surface area (TPSA) is 0 Å². The van der Waals surface area contributed by atoms with E-state index in [9.17, 15) is 0 Å². The van der Waals surface area contributed by atoms with Crippen LogP contribution in [0.15, 0.2) is 6.08 Å². The van der Waals surface area contributed by atoms with Gasteiger partial charge in [-0.1, -0.05) is 0 Å². The van der Waals surface area contributed by atoms with E-state index in [1.54, 1.807) is 0 Å². The Balaban J connectivity index is 2.86. The molecule has 0 aliphatic heterocycles. The Bertz CT molecular complexity index is 60.3. The average Bonchev–Trinajstić information content (AvgIpc) is 1.61. The fourth-order valence-corrected chi connectivity index (χ4v) is 0.355. The van der Waals surface area contributed by atoms with Gasteiger partial charge < -0.3 is 0 Å². The van der Waals surface area contributed by atoms with Gasteiger partial charge in [0.05, 0.1) is 0 Å². The van der Waals surface area contributed by atoms with Crippen molar-refractivity contribution in [2.24, 2.45) is 0 Å². The van der Waals surface area contributed by atoms with Gasteiger partial charge in [-0.3, -0.25) is 0 Å². The molecule has 0 aromatic rings. The molecule has 0 N–H and O–H groups in total. The summed E-state index contributed by atoms with van der Waals surface area (Å²) in [5, 5.41) is 0. The van der Waals surface area contributed by atoms with E-state index in [0.29, 0.717) is 0 Å². The molecule has 0 nitrogen and oxygen atoms in total. The molecule has 0 atom stereocenters. The zero-order valence-electron chi connectivity index (χ0n) is 3.85. The van der Waals surface area contributed by atoms with Crippen LogP contribution in [0.4, 0.5) is 0 Å². The van der Waals surface area contributed by atoms with Crippen molar-refractivity contribution < 1.29 is 15.6 Å². The molecular formula is C5H8Fe+. The quantitative estimate of drug-likeness (QED) is 0.486. The molecule has 0 fully saturated rings. The number of hydrogen-bond donors (Lipinski definition) is 0. The number of rotatable bonds is 2. The fraction of sp³-hybridized carbons (Fsp3) is 0.600. The van der Waals surface area contributed by atoms with Crippen molar-refractivity contribution in [3.05, 3.63) is 6.08 Å². The van der Waals surface area contributed by atoms with Gasteiger partial charge >= 0.3 is 46.0 Å². The van der Waals surface area contributed by atoms with Gasteiger partial charge in [0.25, 0.3) is 0 Å². The van der Waals surface area contributed by atoms with E-state index < -0.39 is 0 Å². The van der Waals surface area contributed by atoms with Gasteiger partial charge in [0.2, 0.25) is 0 Å². The first-order valence-electron chi connectivity index (χ1n) is 2.08. The van der Waals surface area contributed by atoms with Crippen LogP contribution in [-0.4, -0.2) is 4.58 Å². The Morgan fingerprint density at radius 2 is 2.50 bits per heavy atom. The van der Waals surface area contributed by atoms with Crippen molar-refractivity contribution >= 4 is 4.58 Å². The molecule has 0 aliphatic carbocycles. The zero-order valence-corrected chi connectivity index (χ0v) is 4.95. The number of allylic oxidation sites excluding steroid dienone is 1. The van der Waals surface area contributed by atoms with Crippen LogP contribution >= 0.6 is 0 Å². The van der Waals surface area contributed by atoms with E-state index in [-0.39, 0.29) is 0 Å². The Kier molecular flexibility index (Phi) is 5.32. The molecule has 0 aromatic heterocycles. The van der Waals surface area contributed by atoms with Crippen molar-refractivity contribution in [1.29, 1.82) is 0 Å². The summed E-state index contributed by atoms with van der Waals surface area (Å²) in [6, 6.07) is 0. The molecule has 0 amide bonds. The second-order valence-electron chi connectivity index (χ2n) is 1.09. The van der Waals surface area contributed by atoms with Gasteiger partial charge in [-0.2, -0.15) is 0 Å². The molecule has 6 heavy (non-hydrogen) atoms. The molecular weight excluding hydrogens is 116 g/mol. The number of hydrogen-bond acceptors (Lipinski definition) is 0. The Hall–Kier alpha value is 0.169. The molecule has 35 valence electrons. The molecule has 0 aromatic carbocycles. The first-order chi connectivity index (χ1) is 2.91. The number of unbranched alkanes of at least 4 members (excludes halogenated alkanes) is 1. The van der Waals surface area contributed by atoms with E-state index in [0.717, 1.165) is 6.42 Å². The second kappa shape index (κ2) is 5.17. The van der Waals surface area contributed by atoms with Gasteiger partial charge in [-0.05, 0) is 0 Å². The van der Waals surface area contributed by atoms with Gasteiger partial charge in [0, 0.05) is 0 Å². The van der Waals surface area contributed by atoms with Crippen LogP contribution in [0.2, 0.25) is 0 Å². The molecule has 0 radical (unpaired) electrons. The van der Waals surface area contributed by atoms with Crippen LogP contribution in [0.5, 0.6) is 0 Å². The van der Waals surface area contributed by atoms with Crippen LogP contribution in [0, 0.1) is 0 Å². The van der Waals surface area contributed by atoms with Crippen molar-refractivity contribution in [1.82, 2.24) is 0 Å². The van der Waals surface area contributed by atoms with Crippen LogP contribution in [-0.2, 0) is 15.6 Å². The molecule has 0 spiro atoms. The summed E-state index contributed by atoms with van der Waals surface area (Å²) in [6.07, 6.45) is 4.26. The summed E-state index contributed by atoms with van der Waals surface area (Å²) in [6.45, 7) is 2.13. The monoisotopic (exact) mass is 124 g/mol. The van der Waals surface area contributed by atoms with Crippen LogP contribution in [0.3, 0.4) is 0 Å². The predicted octanol–water partition coefficient (Wildman–Crippen LogP) is 1.29. The predicted molar refractivity (Wildman–Crippen MR) is 24.5 cm³/mol. The summed E-state index contributed by atoms with van der Waals surface area (Å²) in [5.74, 6) is 0. The van der Waals surface area contributed by atoms with E-state index in [1.807, 2.05) is 6.08 Å². The molecule has 0 saturated carbocycles. The Labute approximate surface area is 46.6 Å². The van der Waals surface area contributed by atoms with E-state index >= 15 is 0 Å². The Morgan fingerprint density at radius 3 is 2.67 bits per heavy atom. The third-order valence-electron chi connectivity index (χ3n) is 0.505. The minimum atomic E-state index is 1.11. The van der Waals surface area contributed by atoms with Crippen LogP contribution in [0.25, 0.3) is 0 Å². The van der Waals surface area contributed by atoms with Gasteiger partial charge in [0.15, 0.2) is 0 Å². The molecule has 1 heteroatoms. The summed E-state index contributed by atoms with van der Waals surface area (Å²) in [4.78, 5) is 0. The van der Waals surface area contributed by atoms with Crippen LogP contribution < -0.4 is 0 Å². The zero-order chi connectivity index (χ0) is 4.83. The van der Waals surface area contributed by atoms with Gasteiger partial charge in [-0.15, -0.1) is 0 Å². The molecule has 0 heterocycles. The van der Waals surface area contributed by atoms with Crippen molar-refractivity contribution in [2.45, 2.75) is 19.8 Å². The summed E-state index contributed by atoms with van der Waals surface area (Å²) in [7, 11) is 0. The second-order valence-corrected chi connectivity index (χ2v) is 1.41. The molecule has 0 bridgehead atoms.